The molecular weight excluding hydrogens is 250 g/mol. The second-order valence-electron chi connectivity index (χ2n) is 3.84. The molecule has 1 aromatic carbocycles. The van der Waals surface area contributed by atoms with Gasteiger partial charge in [-0.05, 0) is 13.0 Å². The van der Waals surface area contributed by atoms with Gasteiger partial charge in [0.15, 0.2) is 0 Å². The van der Waals surface area contributed by atoms with Crippen LogP contribution < -0.4 is 0 Å². The van der Waals surface area contributed by atoms with Crippen LogP contribution in [0.25, 0.3) is 10.9 Å². The zero-order chi connectivity index (χ0) is 13.3. The van der Waals surface area contributed by atoms with Crippen LogP contribution in [0.1, 0.15) is 5.69 Å². The predicted molar refractivity (Wildman–Crippen MR) is 69.7 cm³/mol. The SMILES string of the molecule is C#CCn1c(C)c(S(=O)(=O)OC)c2ccccc21. The lowest BCUT2D eigenvalue weighted by Crippen LogP contribution is -2.06. The Balaban J connectivity index is 2.91. The maximum absolute atomic E-state index is 12.0. The van der Waals surface area contributed by atoms with E-state index in [2.05, 4.69) is 10.1 Å². The van der Waals surface area contributed by atoms with Crippen LogP contribution in [0, 0.1) is 19.3 Å². The average molecular weight is 263 g/mol. The van der Waals surface area contributed by atoms with Crippen molar-refractivity contribution < 1.29 is 12.6 Å². The summed E-state index contributed by atoms with van der Waals surface area (Å²) in [6.07, 6.45) is 5.32. The van der Waals surface area contributed by atoms with Gasteiger partial charge in [0.1, 0.15) is 4.90 Å². The van der Waals surface area contributed by atoms with Crippen LogP contribution in [-0.2, 0) is 20.8 Å². The Hall–Kier alpha value is -1.77. The molecule has 18 heavy (non-hydrogen) atoms. The highest BCUT2D eigenvalue weighted by Crippen LogP contribution is 2.30. The van der Waals surface area contributed by atoms with Gasteiger partial charge in [-0.1, -0.05) is 24.1 Å². The lowest BCUT2D eigenvalue weighted by Gasteiger charge is -2.04. The normalized spacial score (nSPS) is 11.6. The monoisotopic (exact) mass is 263 g/mol. The first-order chi connectivity index (χ1) is 8.53. The molecule has 0 bridgehead atoms. The molecule has 0 spiro atoms. The van der Waals surface area contributed by atoms with E-state index < -0.39 is 10.1 Å². The average Bonchev–Trinajstić information content (AvgIpc) is 2.64. The van der Waals surface area contributed by atoms with Crippen LogP contribution in [0.4, 0.5) is 0 Å². The van der Waals surface area contributed by atoms with E-state index in [1.807, 2.05) is 12.1 Å². The Kier molecular flexibility index (Phi) is 3.16. The topological polar surface area (TPSA) is 48.3 Å². The molecule has 0 saturated heterocycles. The number of aromatic nitrogens is 1. The van der Waals surface area contributed by atoms with Crippen molar-refractivity contribution in [2.24, 2.45) is 0 Å². The lowest BCUT2D eigenvalue weighted by atomic mass is 10.2. The molecule has 0 fully saturated rings. The molecule has 0 N–H and O–H groups in total. The zero-order valence-electron chi connectivity index (χ0n) is 10.2. The van der Waals surface area contributed by atoms with E-state index in [-0.39, 0.29) is 4.90 Å². The van der Waals surface area contributed by atoms with Gasteiger partial charge in [-0.15, -0.1) is 6.42 Å². The number of terminal acetylenes is 1. The molecule has 1 heterocycles. The number of hydrogen-bond donors (Lipinski definition) is 0. The first-order valence-electron chi connectivity index (χ1n) is 5.35. The lowest BCUT2D eigenvalue weighted by molar-refractivity contribution is 0.398. The van der Waals surface area contributed by atoms with Gasteiger partial charge in [0.25, 0.3) is 10.1 Å². The van der Waals surface area contributed by atoms with Crippen molar-refractivity contribution in [3.05, 3.63) is 30.0 Å². The van der Waals surface area contributed by atoms with Crippen LogP contribution in [0.2, 0.25) is 0 Å². The summed E-state index contributed by atoms with van der Waals surface area (Å²) in [5.41, 5.74) is 1.39. The Bertz CT molecular complexity index is 735. The van der Waals surface area contributed by atoms with Crippen molar-refractivity contribution >= 4 is 21.0 Å². The molecule has 94 valence electrons. The number of rotatable bonds is 3. The number of para-hydroxylation sites is 1. The van der Waals surface area contributed by atoms with Gasteiger partial charge < -0.3 is 4.57 Å². The van der Waals surface area contributed by atoms with Gasteiger partial charge in [-0.25, -0.2) is 0 Å². The Morgan fingerprint density at radius 3 is 2.67 bits per heavy atom. The summed E-state index contributed by atoms with van der Waals surface area (Å²) < 4.78 is 30.3. The van der Waals surface area contributed by atoms with Gasteiger partial charge in [0.05, 0.1) is 19.2 Å². The van der Waals surface area contributed by atoms with E-state index >= 15 is 0 Å². The molecule has 2 aromatic rings. The Morgan fingerprint density at radius 2 is 2.06 bits per heavy atom. The van der Waals surface area contributed by atoms with Crippen molar-refractivity contribution in [1.29, 1.82) is 0 Å². The minimum atomic E-state index is -3.74. The van der Waals surface area contributed by atoms with Crippen LogP contribution in [0.5, 0.6) is 0 Å². The molecule has 0 unspecified atom stereocenters. The van der Waals surface area contributed by atoms with E-state index in [1.54, 1.807) is 23.6 Å². The molecule has 0 amide bonds. The molecule has 0 atom stereocenters. The first-order valence-corrected chi connectivity index (χ1v) is 6.75. The largest absolute Gasteiger partial charge is 0.332 e. The van der Waals surface area contributed by atoms with E-state index in [1.165, 1.54) is 0 Å². The van der Waals surface area contributed by atoms with Crippen LogP contribution in [-0.4, -0.2) is 20.1 Å². The fraction of sp³-hybridized carbons (Fsp3) is 0.231. The summed E-state index contributed by atoms with van der Waals surface area (Å²) in [4.78, 5) is 0.191. The van der Waals surface area contributed by atoms with Gasteiger partial charge in [0, 0.05) is 11.1 Å². The molecular formula is C13H13NO3S. The fourth-order valence-corrected chi connectivity index (χ4v) is 3.17. The highest BCUT2D eigenvalue weighted by atomic mass is 32.2. The molecule has 1 aromatic heterocycles. The molecule has 0 aliphatic carbocycles. The smallest absolute Gasteiger partial charge is 0.299 e. The minimum Gasteiger partial charge on any atom is -0.332 e. The van der Waals surface area contributed by atoms with Crippen molar-refractivity contribution in [2.45, 2.75) is 18.4 Å². The molecule has 0 aliphatic heterocycles. The van der Waals surface area contributed by atoms with Gasteiger partial charge >= 0.3 is 0 Å². The number of nitrogens with zero attached hydrogens (tertiary/aromatic N) is 1. The fourth-order valence-electron chi connectivity index (χ4n) is 2.09. The maximum Gasteiger partial charge on any atom is 0.299 e. The number of benzene rings is 1. The Labute approximate surface area is 106 Å². The van der Waals surface area contributed by atoms with E-state index in [0.717, 1.165) is 12.6 Å². The van der Waals surface area contributed by atoms with Crippen molar-refractivity contribution in [3.63, 3.8) is 0 Å². The second-order valence-corrected chi connectivity index (χ2v) is 5.49. The summed E-state index contributed by atoms with van der Waals surface area (Å²) in [5, 5.41) is 0.632. The maximum atomic E-state index is 12.0. The van der Waals surface area contributed by atoms with Crippen molar-refractivity contribution in [1.82, 2.24) is 4.57 Å². The van der Waals surface area contributed by atoms with Crippen molar-refractivity contribution in [3.8, 4) is 12.3 Å². The van der Waals surface area contributed by atoms with Gasteiger partial charge in [0.2, 0.25) is 0 Å². The summed E-state index contributed by atoms with van der Waals surface area (Å²) >= 11 is 0. The highest BCUT2D eigenvalue weighted by molar-refractivity contribution is 7.87. The zero-order valence-corrected chi connectivity index (χ0v) is 11.0. The van der Waals surface area contributed by atoms with Crippen LogP contribution >= 0.6 is 0 Å². The summed E-state index contributed by atoms with van der Waals surface area (Å²) in [7, 11) is -2.59. The third-order valence-corrected chi connectivity index (χ3v) is 4.35. The molecule has 4 nitrogen and oxygen atoms in total. The molecule has 0 saturated carbocycles. The predicted octanol–water partition coefficient (Wildman–Crippen LogP) is 1.92. The standard InChI is InChI=1S/C13H13NO3S/c1-4-9-14-10(2)13(18(15,16)17-3)11-7-5-6-8-12(11)14/h1,5-8H,9H2,2-3H3. The second kappa shape index (κ2) is 4.48. The molecule has 0 aliphatic rings. The minimum absolute atomic E-state index is 0.191. The van der Waals surface area contributed by atoms with E-state index in [4.69, 9.17) is 6.42 Å². The molecule has 0 radical (unpaired) electrons. The number of hydrogen-bond acceptors (Lipinski definition) is 3. The van der Waals surface area contributed by atoms with E-state index in [9.17, 15) is 8.42 Å². The van der Waals surface area contributed by atoms with Crippen LogP contribution in [0.3, 0.4) is 0 Å². The summed E-state index contributed by atoms with van der Waals surface area (Å²) in [6, 6.07) is 7.23. The summed E-state index contributed by atoms with van der Waals surface area (Å²) in [6.45, 7) is 2.05. The first kappa shape index (κ1) is 12.7. The highest BCUT2D eigenvalue weighted by Gasteiger charge is 2.24. The summed E-state index contributed by atoms with van der Waals surface area (Å²) in [5.74, 6) is 2.53. The molecule has 5 heteroatoms. The van der Waals surface area contributed by atoms with Gasteiger partial charge in [-0.2, -0.15) is 8.42 Å². The third-order valence-electron chi connectivity index (χ3n) is 2.89. The van der Waals surface area contributed by atoms with Gasteiger partial charge in [-0.3, -0.25) is 4.18 Å². The Morgan fingerprint density at radius 1 is 1.39 bits per heavy atom. The molecule has 2 rings (SSSR count). The quantitative estimate of drug-likeness (QED) is 0.628. The van der Waals surface area contributed by atoms with Crippen molar-refractivity contribution in [2.75, 3.05) is 7.11 Å². The van der Waals surface area contributed by atoms with Crippen LogP contribution in [0.15, 0.2) is 29.2 Å². The van der Waals surface area contributed by atoms with E-state index in [0.29, 0.717) is 17.6 Å². The third kappa shape index (κ3) is 1.80. The number of fused-ring (bicyclic) bond motifs is 1.